The van der Waals surface area contributed by atoms with Crippen LogP contribution in [0.3, 0.4) is 0 Å². The molecule has 0 spiro atoms. The lowest BCUT2D eigenvalue weighted by Gasteiger charge is -2.32. The van der Waals surface area contributed by atoms with Crippen molar-refractivity contribution in [1.29, 1.82) is 0 Å². The van der Waals surface area contributed by atoms with Gasteiger partial charge in [-0.05, 0) is 51.0 Å². The van der Waals surface area contributed by atoms with E-state index in [1.165, 1.54) is 4.90 Å². The molecule has 176 valence electrons. The Bertz CT molecular complexity index is 943. The minimum Gasteiger partial charge on any atom is -0.490 e. The highest BCUT2D eigenvalue weighted by Crippen LogP contribution is 2.30. The summed E-state index contributed by atoms with van der Waals surface area (Å²) in [6, 6.07) is 7.85. The van der Waals surface area contributed by atoms with Gasteiger partial charge in [0.2, 0.25) is 0 Å². The van der Waals surface area contributed by atoms with Crippen LogP contribution < -0.4 is 10.1 Å². The molecule has 0 radical (unpaired) electrons. The van der Waals surface area contributed by atoms with Crippen molar-refractivity contribution in [2.75, 3.05) is 45.8 Å². The number of amides is 1. The summed E-state index contributed by atoms with van der Waals surface area (Å²) in [5.74, 6) is 0.727. The SMILES string of the molecule is CC(C)n1c(C(=O)N2CCNCC2)cc2cc(OC3CCN(CC(F)(F)F)CC3)ccc21. The molecule has 1 aromatic heterocycles. The van der Waals surface area contributed by atoms with E-state index in [0.717, 1.165) is 24.0 Å². The molecule has 0 aliphatic carbocycles. The Kier molecular flexibility index (Phi) is 6.67. The molecule has 32 heavy (non-hydrogen) atoms. The van der Waals surface area contributed by atoms with E-state index in [1.807, 2.05) is 29.2 Å². The summed E-state index contributed by atoms with van der Waals surface area (Å²) in [5, 5.41) is 4.20. The number of hydrogen-bond donors (Lipinski definition) is 1. The van der Waals surface area contributed by atoms with Crippen LogP contribution in [0.25, 0.3) is 10.9 Å². The van der Waals surface area contributed by atoms with Gasteiger partial charge in [-0.2, -0.15) is 13.2 Å². The lowest BCUT2D eigenvalue weighted by Crippen LogP contribution is -2.46. The average molecular weight is 453 g/mol. The van der Waals surface area contributed by atoms with Crippen molar-refractivity contribution < 1.29 is 22.7 Å². The second-order valence-corrected chi connectivity index (χ2v) is 8.96. The molecule has 2 aliphatic heterocycles. The number of hydrogen-bond acceptors (Lipinski definition) is 4. The number of carbonyl (C=O) groups is 1. The summed E-state index contributed by atoms with van der Waals surface area (Å²) < 4.78 is 46.0. The summed E-state index contributed by atoms with van der Waals surface area (Å²) in [4.78, 5) is 16.5. The lowest BCUT2D eigenvalue weighted by molar-refractivity contribution is -0.149. The van der Waals surface area contributed by atoms with E-state index < -0.39 is 12.7 Å². The minimum absolute atomic E-state index is 0.0379. The quantitative estimate of drug-likeness (QED) is 0.752. The zero-order chi connectivity index (χ0) is 22.9. The van der Waals surface area contributed by atoms with E-state index in [2.05, 4.69) is 23.7 Å². The number of aromatic nitrogens is 1. The number of piperidine rings is 1. The molecule has 0 saturated carbocycles. The Labute approximate surface area is 186 Å². The second kappa shape index (κ2) is 9.31. The van der Waals surface area contributed by atoms with Crippen LogP contribution in [-0.2, 0) is 0 Å². The molecular weight excluding hydrogens is 421 g/mol. The summed E-state index contributed by atoms with van der Waals surface area (Å²) in [6.07, 6.45) is -3.14. The Morgan fingerprint density at radius 3 is 2.44 bits per heavy atom. The third-order valence-electron chi connectivity index (χ3n) is 6.19. The average Bonchev–Trinajstić information content (AvgIpc) is 3.13. The zero-order valence-corrected chi connectivity index (χ0v) is 18.6. The van der Waals surface area contributed by atoms with Crippen molar-refractivity contribution in [3.63, 3.8) is 0 Å². The number of carbonyl (C=O) groups excluding carboxylic acids is 1. The molecule has 0 unspecified atom stereocenters. The molecule has 3 heterocycles. The largest absolute Gasteiger partial charge is 0.490 e. The minimum atomic E-state index is -4.16. The van der Waals surface area contributed by atoms with Gasteiger partial charge in [0, 0.05) is 56.2 Å². The van der Waals surface area contributed by atoms with Crippen LogP contribution in [0.2, 0.25) is 0 Å². The van der Waals surface area contributed by atoms with Crippen molar-refractivity contribution in [3.05, 3.63) is 30.0 Å². The number of benzene rings is 1. The van der Waals surface area contributed by atoms with Gasteiger partial charge >= 0.3 is 6.18 Å². The molecule has 9 heteroatoms. The Balaban J connectivity index is 1.49. The van der Waals surface area contributed by atoms with Crippen molar-refractivity contribution in [3.8, 4) is 5.75 Å². The van der Waals surface area contributed by atoms with Crippen molar-refractivity contribution in [2.24, 2.45) is 0 Å². The number of ether oxygens (including phenoxy) is 1. The third kappa shape index (κ3) is 5.20. The molecule has 6 nitrogen and oxygen atoms in total. The first-order valence-corrected chi connectivity index (χ1v) is 11.3. The lowest BCUT2D eigenvalue weighted by atomic mass is 10.1. The van der Waals surface area contributed by atoms with Crippen LogP contribution in [0, 0.1) is 0 Å². The van der Waals surface area contributed by atoms with Gasteiger partial charge in [-0.15, -0.1) is 0 Å². The normalized spacial score (nSPS) is 19.1. The van der Waals surface area contributed by atoms with Crippen LogP contribution in [0.5, 0.6) is 5.75 Å². The van der Waals surface area contributed by atoms with Crippen molar-refractivity contribution in [1.82, 2.24) is 19.7 Å². The first-order valence-electron chi connectivity index (χ1n) is 11.3. The molecule has 1 aromatic carbocycles. The predicted molar refractivity (Wildman–Crippen MR) is 117 cm³/mol. The number of fused-ring (bicyclic) bond motifs is 1. The number of piperazine rings is 1. The van der Waals surface area contributed by atoms with E-state index in [1.54, 1.807) is 0 Å². The van der Waals surface area contributed by atoms with Gasteiger partial charge in [0.25, 0.3) is 5.91 Å². The van der Waals surface area contributed by atoms with E-state index in [0.29, 0.717) is 50.5 Å². The van der Waals surface area contributed by atoms with E-state index in [4.69, 9.17) is 4.74 Å². The number of rotatable bonds is 5. The van der Waals surface area contributed by atoms with E-state index in [9.17, 15) is 18.0 Å². The van der Waals surface area contributed by atoms with E-state index >= 15 is 0 Å². The van der Waals surface area contributed by atoms with E-state index in [-0.39, 0.29) is 18.1 Å². The number of likely N-dealkylation sites (tertiary alicyclic amines) is 1. The van der Waals surface area contributed by atoms with Gasteiger partial charge < -0.3 is 19.5 Å². The molecule has 0 atom stereocenters. The molecular formula is C23H31F3N4O2. The third-order valence-corrected chi connectivity index (χ3v) is 6.19. The smallest absolute Gasteiger partial charge is 0.401 e. The number of nitrogens with zero attached hydrogens (tertiary/aromatic N) is 3. The van der Waals surface area contributed by atoms with Gasteiger partial charge in [-0.25, -0.2) is 0 Å². The highest BCUT2D eigenvalue weighted by Gasteiger charge is 2.33. The van der Waals surface area contributed by atoms with Gasteiger partial charge in [0.05, 0.1) is 6.54 Å². The zero-order valence-electron chi connectivity index (χ0n) is 18.6. The molecule has 2 fully saturated rings. The fourth-order valence-electron chi connectivity index (χ4n) is 4.67. The topological polar surface area (TPSA) is 49.7 Å². The second-order valence-electron chi connectivity index (χ2n) is 8.96. The highest BCUT2D eigenvalue weighted by molar-refractivity contribution is 5.99. The maximum atomic E-state index is 13.2. The molecule has 1 N–H and O–H groups in total. The van der Waals surface area contributed by atoms with Gasteiger partial charge in [-0.3, -0.25) is 9.69 Å². The Morgan fingerprint density at radius 2 is 1.81 bits per heavy atom. The Hall–Kier alpha value is -2.26. The van der Waals surface area contributed by atoms with Gasteiger partial charge in [0.1, 0.15) is 17.5 Å². The number of halogens is 3. The molecule has 2 aromatic rings. The Morgan fingerprint density at radius 1 is 1.12 bits per heavy atom. The summed E-state index contributed by atoms with van der Waals surface area (Å²) in [7, 11) is 0. The maximum absolute atomic E-state index is 13.2. The van der Waals surface area contributed by atoms with Crippen LogP contribution in [0.1, 0.15) is 43.2 Å². The fraction of sp³-hybridized carbons (Fsp3) is 0.609. The maximum Gasteiger partial charge on any atom is 0.401 e. The first kappa shape index (κ1) is 22.9. The molecule has 0 bridgehead atoms. The number of alkyl halides is 3. The molecule has 1 amide bonds. The highest BCUT2D eigenvalue weighted by atomic mass is 19.4. The van der Waals surface area contributed by atoms with Crippen molar-refractivity contribution >= 4 is 16.8 Å². The number of nitrogens with one attached hydrogen (secondary N) is 1. The molecule has 2 saturated heterocycles. The van der Waals surface area contributed by atoms with Crippen LogP contribution in [0.4, 0.5) is 13.2 Å². The molecule has 2 aliphatic rings. The standard InChI is InChI=1S/C23H31F3N4O2/c1-16(2)30-20-4-3-19(32-18-5-9-28(10-6-18)15-23(24,25)26)13-17(20)14-21(30)22(31)29-11-7-27-8-12-29/h3-4,13-14,16,18,27H,5-12,15H2,1-2H3. The predicted octanol–water partition coefficient (Wildman–Crippen LogP) is 3.67. The van der Waals surface area contributed by atoms with Crippen molar-refractivity contribution in [2.45, 2.75) is 45.0 Å². The monoisotopic (exact) mass is 452 g/mol. The first-order chi connectivity index (χ1) is 15.2. The molecule has 4 rings (SSSR count). The van der Waals surface area contributed by atoms with Crippen LogP contribution in [0.15, 0.2) is 24.3 Å². The summed E-state index contributed by atoms with van der Waals surface area (Å²) in [5.41, 5.74) is 1.65. The summed E-state index contributed by atoms with van der Waals surface area (Å²) >= 11 is 0. The summed E-state index contributed by atoms with van der Waals surface area (Å²) in [6.45, 7) is 7.00. The van der Waals surface area contributed by atoms with Gasteiger partial charge in [0.15, 0.2) is 0 Å². The van der Waals surface area contributed by atoms with Crippen LogP contribution in [-0.4, -0.2) is 78.4 Å². The van der Waals surface area contributed by atoms with Crippen LogP contribution >= 0.6 is 0 Å². The van der Waals surface area contributed by atoms with Gasteiger partial charge in [-0.1, -0.05) is 0 Å². The fourth-order valence-corrected chi connectivity index (χ4v) is 4.67.